The highest BCUT2D eigenvalue weighted by atomic mass is 79.9. The van der Waals surface area contributed by atoms with Gasteiger partial charge in [0.15, 0.2) is 6.61 Å². The molecule has 0 radical (unpaired) electrons. The van der Waals surface area contributed by atoms with Gasteiger partial charge in [0.05, 0.1) is 12.0 Å². The fourth-order valence-electron chi connectivity index (χ4n) is 1.87. The molecule has 0 aliphatic carbocycles. The first-order chi connectivity index (χ1) is 11.8. The summed E-state index contributed by atoms with van der Waals surface area (Å²) in [7, 11) is 1.25. The van der Waals surface area contributed by atoms with Crippen LogP contribution in [0.2, 0.25) is 0 Å². The van der Waals surface area contributed by atoms with Crippen molar-refractivity contribution < 1.29 is 29.0 Å². The number of esters is 1. The van der Waals surface area contributed by atoms with Crippen molar-refractivity contribution in [3.8, 4) is 5.75 Å². The summed E-state index contributed by atoms with van der Waals surface area (Å²) in [6.07, 6.45) is 1.54. The van der Waals surface area contributed by atoms with Crippen molar-refractivity contribution in [1.29, 1.82) is 0 Å². The van der Waals surface area contributed by atoms with E-state index in [0.717, 1.165) is 21.1 Å². The van der Waals surface area contributed by atoms with Crippen LogP contribution in [0.5, 0.6) is 5.75 Å². The first kappa shape index (κ1) is 19.4. The average Bonchev–Trinajstić information content (AvgIpc) is 2.81. The maximum atomic E-state index is 12.3. The van der Waals surface area contributed by atoms with Crippen LogP contribution in [0, 0.1) is 0 Å². The van der Waals surface area contributed by atoms with E-state index in [1.54, 1.807) is 24.3 Å². The third-order valence-corrected chi connectivity index (χ3v) is 4.87. The lowest BCUT2D eigenvalue weighted by atomic mass is 10.2. The van der Waals surface area contributed by atoms with Gasteiger partial charge in [0.2, 0.25) is 0 Å². The van der Waals surface area contributed by atoms with Crippen LogP contribution in [0.1, 0.15) is 5.56 Å². The minimum atomic E-state index is -1.15. The SMILES string of the molecule is COC(=O)COc1ccc(Br)cc1/C=C1\SC(=S)N(CC(=O)O)C1=O. The fourth-order valence-corrected chi connectivity index (χ4v) is 3.50. The third kappa shape index (κ3) is 5.03. The molecule has 0 aromatic heterocycles. The number of benzene rings is 1. The van der Waals surface area contributed by atoms with Crippen LogP contribution in [0.3, 0.4) is 0 Å². The third-order valence-electron chi connectivity index (χ3n) is 3.00. The summed E-state index contributed by atoms with van der Waals surface area (Å²) in [6, 6.07) is 5.06. The second-order valence-electron chi connectivity index (χ2n) is 4.71. The Hall–Kier alpha value is -1.91. The number of carboxylic acids is 1. The lowest BCUT2D eigenvalue weighted by Gasteiger charge is -2.10. The molecule has 1 fully saturated rings. The van der Waals surface area contributed by atoms with Gasteiger partial charge in [-0.2, -0.15) is 0 Å². The Kier molecular flexibility index (Phi) is 6.57. The number of hydrogen-bond donors (Lipinski definition) is 1. The van der Waals surface area contributed by atoms with Crippen molar-refractivity contribution >= 4 is 68.2 Å². The summed E-state index contributed by atoms with van der Waals surface area (Å²) in [5.41, 5.74) is 0.536. The number of halogens is 1. The number of methoxy groups -OCH3 is 1. The van der Waals surface area contributed by atoms with Gasteiger partial charge in [-0.15, -0.1) is 0 Å². The molecule has 1 aliphatic rings. The molecule has 1 aromatic rings. The molecule has 0 unspecified atom stereocenters. The minimum absolute atomic E-state index is 0.172. The van der Waals surface area contributed by atoms with Gasteiger partial charge in [0.1, 0.15) is 16.6 Å². The zero-order chi connectivity index (χ0) is 18.6. The van der Waals surface area contributed by atoms with Crippen LogP contribution < -0.4 is 4.74 Å². The smallest absolute Gasteiger partial charge is 0.343 e. The Labute approximate surface area is 161 Å². The summed E-state index contributed by atoms with van der Waals surface area (Å²) in [5, 5.41) is 8.86. The molecule has 0 bridgehead atoms. The Morgan fingerprint density at radius 3 is 2.80 bits per heavy atom. The number of rotatable bonds is 6. The predicted molar refractivity (Wildman–Crippen MR) is 99.2 cm³/mol. The van der Waals surface area contributed by atoms with Crippen molar-refractivity contribution in [2.75, 3.05) is 20.3 Å². The van der Waals surface area contributed by atoms with Crippen LogP contribution >= 0.6 is 39.9 Å². The highest BCUT2D eigenvalue weighted by Gasteiger charge is 2.33. The first-order valence-corrected chi connectivity index (χ1v) is 8.80. The molecule has 1 N–H and O–H groups in total. The zero-order valence-corrected chi connectivity index (χ0v) is 16.1. The van der Waals surface area contributed by atoms with E-state index in [0.29, 0.717) is 11.3 Å². The molecule has 1 aliphatic heterocycles. The standard InChI is InChI=1S/C15H12BrNO6S2/c1-22-13(20)7-23-10-3-2-9(16)4-8(10)5-11-14(21)17(6-12(18)19)15(24)25-11/h2-5H,6-7H2,1H3,(H,18,19)/b11-5-. The molecule has 7 nitrogen and oxygen atoms in total. The summed E-state index contributed by atoms with van der Waals surface area (Å²) < 4.78 is 10.8. The number of thiocarbonyl (C=S) groups is 1. The average molecular weight is 446 g/mol. The molecule has 2 rings (SSSR count). The van der Waals surface area contributed by atoms with Gasteiger partial charge in [0, 0.05) is 10.0 Å². The summed E-state index contributed by atoms with van der Waals surface area (Å²) in [4.78, 5) is 35.7. The largest absolute Gasteiger partial charge is 0.481 e. The van der Waals surface area contributed by atoms with Crippen LogP contribution in [-0.4, -0.2) is 52.4 Å². The number of hydrogen-bond acceptors (Lipinski definition) is 7. The van der Waals surface area contributed by atoms with E-state index in [1.807, 2.05) is 0 Å². The number of carbonyl (C=O) groups excluding carboxylic acids is 2. The number of carbonyl (C=O) groups is 3. The number of amides is 1. The second kappa shape index (κ2) is 8.45. The molecular weight excluding hydrogens is 434 g/mol. The maximum Gasteiger partial charge on any atom is 0.343 e. The number of ether oxygens (including phenoxy) is 2. The molecule has 25 heavy (non-hydrogen) atoms. The lowest BCUT2D eigenvalue weighted by molar-refractivity contribution is -0.143. The van der Waals surface area contributed by atoms with Crippen molar-refractivity contribution in [3.05, 3.63) is 33.1 Å². The van der Waals surface area contributed by atoms with Crippen LogP contribution in [0.25, 0.3) is 6.08 Å². The van der Waals surface area contributed by atoms with Gasteiger partial charge in [-0.05, 0) is 24.3 Å². The van der Waals surface area contributed by atoms with Crippen molar-refractivity contribution in [3.63, 3.8) is 0 Å². The van der Waals surface area contributed by atoms with E-state index >= 15 is 0 Å². The Morgan fingerprint density at radius 2 is 2.16 bits per heavy atom. The summed E-state index contributed by atoms with van der Waals surface area (Å²) in [6.45, 7) is -0.773. The Balaban J connectivity index is 2.29. The molecule has 0 atom stereocenters. The molecule has 1 amide bonds. The number of aliphatic carboxylic acids is 1. The highest BCUT2D eigenvalue weighted by Crippen LogP contribution is 2.35. The molecular formula is C15H12BrNO6S2. The molecule has 0 saturated carbocycles. The van der Waals surface area contributed by atoms with Gasteiger partial charge in [-0.3, -0.25) is 14.5 Å². The normalized spacial score (nSPS) is 15.6. The molecule has 1 heterocycles. The summed E-state index contributed by atoms with van der Waals surface area (Å²) in [5.74, 6) is -1.81. The molecule has 1 aromatic carbocycles. The Morgan fingerprint density at radius 1 is 1.44 bits per heavy atom. The van der Waals surface area contributed by atoms with Gasteiger partial charge < -0.3 is 14.6 Å². The lowest BCUT2D eigenvalue weighted by Crippen LogP contribution is -2.33. The number of thioether (sulfide) groups is 1. The van der Waals surface area contributed by atoms with E-state index in [1.165, 1.54) is 7.11 Å². The van der Waals surface area contributed by atoms with E-state index in [-0.39, 0.29) is 15.8 Å². The number of nitrogens with zero attached hydrogens (tertiary/aromatic N) is 1. The predicted octanol–water partition coefficient (Wildman–Crippen LogP) is 2.29. The van der Waals surface area contributed by atoms with Crippen molar-refractivity contribution in [2.24, 2.45) is 0 Å². The van der Waals surface area contributed by atoms with Gasteiger partial charge >= 0.3 is 11.9 Å². The second-order valence-corrected chi connectivity index (χ2v) is 7.30. The zero-order valence-electron chi connectivity index (χ0n) is 12.9. The maximum absolute atomic E-state index is 12.3. The van der Waals surface area contributed by atoms with Crippen molar-refractivity contribution in [1.82, 2.24) is 4.90 Å². The molecule has 10 heteroatoms. The van der Waals surface area contributed by atoms with Gasteiger partial charge in [-0.25, -0.2) is 4.79 Å². The quantitative estimate of drug-likeness (QED) is 0.404. The Bertz CT molecular complexity index is 779. The van der Waals surface area contributed by atoms with Crippen LogP contribution in [0.15, 0.2) is 27.6 Å². The van der Waals surface area contributed by atoms with E-state index in [4.69, 9.17) is 22.1 Å². The van der Waals surface area contributed by atoms with Crippen molar-refractivity contribution in [2.45, 2.75) is 0 Å². The molecule has 132 valence electrons. The number of carboxylic acid groups (broad SMARTS) is 1. The topological polar surface area (TPSA) is 93.1 Å². The van der Waals surface area contributed by atoms with Gasteiger partial charge in [-0.1, -0.05) is 39.9 Å². The summed E-state index contributed by atoms with van der Waals surface area (Å²) >= 11 is 9.39. The fraction of sp³-hybridized carbons (Fsp3) is 0.200. The van der Waals surface area contributed by atoms with E-state index in [2.05, 4.69) is 20.7 Å². The van der Waals surface area contributed by atoms with E-state index in [9.17, 15) is 14.4 Å². The molecule has 1 saturated heterocycles. The van der Waals surface area contributed by atoms with Gasteiger partial charge in [0.25, 0.3) is 5.91 Å². The minimum Gasteiger partial charge on any atom is -0.481 e. The van der Waals surface area contributed by atoms with E-state index < -0.39 is 24.4 Å². The first-order valence-electron chi connectivity index (χ1n) is 6.78. The monoisotopic (exact) mass is 445 g/mol. The molecule has 0 spiro atoms. The van der Waals surface area contributed by atoms with Crippen LogP contribution in [-0.2, 0) is 19.1 Å². The van der Waals surface area contributed by atoms with Crippen LogP contribution in [0.4, 0.5) is 0 Å². The highest BCUT2D eigenvalue weighted by molar-refractivity contribution is 9.10.